The Labute approximate surface area is 134 Å². The van der Waals surface area contributed by atoms with Crippen molar-refractivity contribution in [1.82, 2.24) is 9.97 Å². The van der Waals surface area contributed by atoms with Gasteiger partial charge in [0.15, 0.2) is 0 Å². The van der Waals surface area contributed by atoms with Crippen molar-refractivity contribution in [2.75, 3.05) is 12.4 Å². The minimum Gasteiger partial charge on any atom is -0.496 e. The molecule has 3 N–H and O–H groups in total. The van der Waals surface area contributed by atoms with Crippen molar-refractivity contribution in [3.63, 3.8) is 0 Å². The first-order valence-corrected chi connectivity index (χ1v) is 7.04. The van der Waals surface area contributed by atoms with Crippen LogP contribution in [-0.2, 0) is 4.79 Å². The molecule has 0 unspecified atom stereocenters. The monoisotopic (exact) mass is 313 g/mol. The highest BCUT2D eigenvalue weighted by Gasteiger charge is 2.07. The van der Waals surface area contributed by atoms with Crippen LogP contribution in [0.5, 0.6) is 5.75 Å². The predicted octanol–water partition coefficient (Wildman–Crippen LogP) is 3.63. The summed E-state index contributed by atoms with van der Waals surface area (Å²) in [6, 6.07) is 12.1. The molecule has 2 aromatic carbocycles. The van der Waals surface area contributed by atoms with Gasteiger partial charge in [-0.05, 0) is 49.2 Å². The van der Waals surface area contributed by atoms with E-state index in [2.05, 4.69) is 27.4 Å². The van der Waals surface area contributed by atoms with E-state index in [-0.39, 0.29) is 6.47 Å². The third-order valence-electron chi connectivity index (χ3n) is 3.32. The third-order valence-corrected chi connectivity index (χ3v) is 3.32. The Bertz CT molecular complexity index is 756. The summed E-state index contributed by atoms with van der Waals surface area (Å²) in [4.78, 5) is 16.1. The van der Waals surface area contributed by atoms with Gasteiger partial charge in [-0.25, -0.2) is 4.98 Å². The molecule has 1 aromatic heterocycles. The Hall–Kier alpha value is -3.02. The molecule has 0 aliphatic rings. The van der Waals surface area contributed by atoms with E-state index in [9.17, 15) is 0 Å². The standard InChI is InChI=1S/C16H17N3O.CH2O2/c1-10-8-12(9-11(2)15(10)20-3)17-16-18-13-6-4-5-7-14(13)19-16;2-1-3/h4-9H,1-3H3,(H2,17,18,19);1H,(H,2,3). The average Bonchev–Trinajstić information content (AvgIpc) is 2.90. The smallest absolute Gasteiger partial charge is 0.290 e. The lowest BCUT2D eigenvalue weighted by atomic mass is 10.1. The molecule has 0 aliphatic carbocycles. The lowest BCUT2D eigenvalue weighted by Gasteiger charge is -2.11. The van der Waals surface area contributed by atoms with Crippen LogP contribution in [0.2, 0.25) is 0 Å². The molecule has 0 bridgehead atoms. The predicted molar refractivity (Wildman–Crippen MR) is 90.5 cm³/mol. The Morgan fingerprint density at radius 2 is 1.83 bits per heavy atom. The maximum Gasteiger partial charge on any atom is 0.290 e. The van der Waals surface area contributed by atoms with Crippen LogP contribution in [0.1, 0.15) is 11.1 Å². The number of nitrogens with one attached hydrogen (secondary N) is 2. The van der Waals surface area contributed by atoms with Gasteiger partial charge in [0.2, 0.25) is 5.95 Å². The van der Waals surface area contributed by atoms with Crippen molar-refractivity contribution in [3.8, 4) is 5.75 Å². The molecule has 6 nitrogen and oxygen atoms in total. The Balaban J connectivity index is 0.000000595. The van der Waals surface area contributed by atoms with E-state index in [0.717, 1.165) is 39.5 Å². The molecule has 0 atom stereocenters. The Morgan fingerprint density at radius 1 is 1.22 bits per heavy atom. The number of nitrogens with zero attached hydrogens (tertiary/aromatic N) is 1. The molecule has 0 fully saturated rings. The van der Waals surface area contributed by atoms with Gasteiger partial charge in [0.25, 0.3) is 6.47 Å². The van der Waals surface area contributed by atoms with Crippen LogP contribution < -0.4 is 10.1 Å². The lowest BCUT2D eigenvalue weighted by Crippen LogP contribution is -1.96. The summed E-state index contributed by atoms with van der Waals surface area (Å²) >= 11 is 0. The van der Waals surface area contributed by atoms with Gasteiger partial charge in [-0.15, -0.1) is 0 Å². The van der Waals surface area contributed by atoms with E-state index in [0.29, 0.717) is 0 Å². The van der Waals surface area contributed by atoms with E-state index in [1.54, 1.807) is 7.11 Å². The number of methoxy groups -OCH3 is 1. The van der Waals surface area contributed by atoms with Crippen molar-refractivity contribution in [2.45, 2.75) is 13.8 Å². The van der Waals surface area contributed by atoms with Crippen molar-refractivity contribution in [2.24, 2.45) is 0 Å². The molecular weight excluding hydrogens is 294 g/mol. The van der Waals surface area contributed by atoms with Gasteiger partial charge in [-0.2, -0.15) is 0 Å². The van der Waals surface area contributed by atoms with Crippen LogP contribution in [0, 0.1) is 13.8 Å². The number of carbonyl (C=O) groups is 1. The molecule has 6 heteroatoms. The van der Waals surface area contributed by atoms with Gasteiger partial charge in [-0.3, -0.25) is 4.79 Å². The molecule has 0 saturated carbocycles. The van der Waals surface area contributed by atoms with Crippen LogP contribution in [0.15, 0.2) is 36.4 Å². The van der Waals surface area contributed by atoms with Crippen molar-refractivity contribution in [1.29, 1.82) is 0 Å². The van der Waals surface area contributed by atoms with Crippen LogP contribution in [0.4, 0.5) is 11.6 Å². The summed E-state index contributed by atoms with van der Waals surface area (Å²) in [7, 11) is 1.70. The van der Waals surface area contributed by atoms with Crippen molar-refractivity contribution in [3.05, 3.63) is 47.5 Å². The average molecular weight is 313 g/mol. The first-order chi connectivity index (χ1) is 11.1. The third kappa shape index (κ3) is 3.79. The van der Waals surface area contributed by atoms with Gasteiger partial charge in [0.1, 0.15) is 5.75 Å². The number of ether oxygens (including phenoxy) is 1. The fourth-order valence-electron chi connectivity index (χ4n) is 2.49. The van der Waals surface area contributed by atoms with E-state index in [1.165, 1.54) is 0 Å². The summed E-state index contributed by atoms with van der Waals surface area (Å²) < 4.78 is 5.38. The van der Waals surface area contributed by atoms with E-state index in [1.807, 2.05) is 38.1 Å². The maximum atomic E-state index is 8.36. The van der Waals surface area contributed by atoms with Crippen molar-refractivity contribution >= 4 is 29.1 Å². The summed E-state index contributed by atoms with van der Waals surface area (Å²) in [5.41, 5.74) is 5.19. The first-order valence-electron chi connectivity index (χ1n) is 7.04. The van der Waals surface area contributed by atoms with Crippen LogP contribution in [-0.4, -0.2) is 28.7 Å². The molecule has 0 radical (unpaired) electrons. The number of aromatic amines is 1. The number of rotatable bonds is 3. The minimum atomic E-state index is -0.250. The normalized spacial score (nSPS) is 9.87. The number of benzene rings is 2. The molecule has 1 heterocycles. The summed E-state index contributed by atoms with van der Waals surface area (Å²) in [5, 5.41) is 10.2. The summed E-state index contributed by atoms with van der Waals surface area (Å²) in [5.74, 6) is 1.68. The van der Waals surface area contributed by atoms with Crippen LogP contribution in [0.25, 0.3) is 11.0 Å². The number of imidazole rings is 1. The zero-order valence-electron chi connectivity index (χ0n) is 13.3. The highest BCUT2D eigenvalue weighted by atomic mass is 16.5. The van der Waals surface area contributed by atoms with Gasteiger partial charge in [0.05, 0.1) is 18.1 Å². The number of aryl methyl sites for hydroxylation is 2. The number of H-pyrrole nitrogens is 1. The van der Waals surface area contributed by atoms with E-state index < -0.39 is 0 Å². The second kappa shape index (κ2) is 7.31. The second-order valence-corrected chi connectivity index (χ2v) is 4.98. The van der Waals surface area contributed by atoms with Crippen LogP contribution in [0.3, 0.4) is 0 Å². The number of fused-ring (bicyclic) bond motifs is 1. The number of carboxylic acid groups (broad SMARTS) is 1. The molecular formula is C17H19N3O3. The van der Waals surface area contributed by atoms with Gasteiger partial charge >= 0.3 is 0 Å². The zero-order chi connectivity index (χ0) is 16.8. The number of hydrogen-bond acceptors (Lipinski definition) is 4. The van der Waals surface area contributed by atoms with Gasteiger partial charge in [-0.1, -0.05) is 12.1 Å². The van der Waals surface area contributed by atoms with Gasteiger partial charge in [0, 0.05) is 5.69 Å². The molecule has 3 aromatic rings. The molecule has 3 rings (SSSR count). The first kappa shape index (κ1) is 16.4. The number of aromatic nitrogens is 2. The topological polar surface area (TPSA) is 87.2 Å². The molecule has 0 spiro atoms. The number of hydrogen-bond donors (Lipinski definition) is 3. The van der Waals surface area contributed by atoms with E-state index in [4.69, 9.17) is 14.6 Å². The molecule has 0 amide bonds. The maximum absolute atomic E-state index is 8.36. The summed E-state index contributed by atoms with van der Waals surface area (Å²) in [6.07, 6.45) is 0. The molecule has 0 aliphatic heterocycles. The minimum absolute atomic E-state index is 0.250. The van der Waals surface area contributed by atoms with Gasteiger partial charge < -0.3 is 20.1 Å². The molecule has 120 valence electrons. The number of anilines is 2. The number of para-hydroxylation sites is 2. The molecule has 0 saturated heterocycles. The fraction of sp³-hybridized carbons (Fsp3) is 0.176. The largest absolute Gasteiger partial charge is 0.496 e. The Kier molecular flexibility index (Phi) is 5.19. The lowest BCUT2D eigenvalue weighted by molar-refractivity contribution is -0.122. The summed E-state index contributed by atoms with van der Waals surface area (Å²) in [6.45, 7) is 3.82. The highest BCUT2D eigenvalue weighted by molar-refractivity contribution is 5.78. The zero-order valence-corrected chi connectivity index (χ0v) is 13.3. The van der Waals surface area contributed by atoms with Crippen LogP contribution >= 0.6 is 0 Å². The highest BCUT2D eigenvalue weighted by Crippen LogP contribution is 2.28. The second-order valence-electron chi connectivity index (χ2n) is 4.98. The quantitative estimate of drug-likeness (QED) is 0.643. The van der Waals surface area contributed by atoms with Crippen molar-refractivity contribution < 1.29 is 14.6 Å². The van der Waals surface area contributed by atoms with E-state index >= 15 is 0 Å². The Morgan fingerprint density at radius 3 is 2.39 bits per heavy atom. The molecule has 23 heavy (non-hydrogen) atoms. The fourth-order valence-corrected chi connectivity index (χ4v) is 2.49. The SMILES string of the molecule is COc1c(C)cc(Nc2nc3ccccc3[nH]2)cc1C.O=CO.